The summed E-state index contributed by atoms with van der Waals surface area (Å²) < 4.78 is 0. The first-order valence-corrected chi connectivity index (χ1v) is 6.68. The fourth-order valence-electron chi connectivity index (χ4n) is 2.68. The van der Waals surface area contributed by atoms with Crippen LogP contribution in [-0.4, -0.2) is 10.1 Å². The first-order valence-electron chi connectivity index (χ1n) is 6.30. The zero-order valence-corrected chi connectivity index (χ0v) is 11.1. The highest BCUT2D eigenvalue weighted by Crippen LogP contribution is 2.50. The molecule has 1 fully saturated rings. The van der Waals surface area contributed by atoms with E-state index in [1.807, 2.05) is 12.1 Å². The van der Waals surface area contributed by atoms with E-state index in [0.717, 1.165) is 24.6 Å². The predicted molar refractivity (Wildman–Crippen MR) is 73.6 cm³/mol. The quantitative estimate of drug-likeness (QED) is 0.908. The minimum atomic E-state index is -0.805. The fraction of sp³-hybridized carbons (Fsp3) is 0.333. The summed E-state index contributed by atoms with van der Waals surface area (Å²) in [4.78, 5) is 4.32. The van der Waals surface area contributed by atoms with E-state index in [4.69, 9.17) is 11.6 Å². The Morgan fingerprint density at radius 3 is 2.79 bits per heavy atom. The van der Waals surface area contributed by atoms with Crippen molar-refractivity contribution in [1.82, 2.24) is 4.98 Å². The highest BCUT2D eigenvalue weighted by molar-refractivity contribution is 6.35. The molecular formula is C15H13ClN2O. The van der Waals surface area contributed by atoms with E-state index in [0.29, 0.717) is 16.1 Å². The van der Waals surface area contributed by atoms with Gasteiger partial charge in [-0.15, -0.1) is 0 Å². The number of halogens is 1. The number of rotatable bonds is 2. The molecule has 1 unspecified atom stereocenters. The van der Waals surface area contributed by atoms with E-state index < -0.39 is 11.5 Å². The topological polar surface area (TPSA) is 56.9 Å². The normalized spacial score (nSPS) is 18.6. The Balaban J connectivity index is 2.16. The number of hydrogen-bond donors (Lipinski definition) is 1. The standard InChI is InChI=1S/C15H13ClN2O/c16-12-5-4-11(13-10(12)3-1-8-18-13)14(19)15(9-17)6-2-7-15/h1,3-5,8,14,19H,2,6-7H2. The smallest absolute Gasteiger partial charge is 0.0997 e. The van der Waals surface area contributed by atoms with Gasteiger partial charge in [0, 0.05) is 22.2 Å². The third-order valence-corrected chi connectivity index (χ3v) is 4.36. The molecule has 0 spiro atoms. The Morgan fingerprint density at radius 1 is 1.37 bits per heavy atom. The molecule has 0 saturated heterocycles. The maximum absolute atomic E-state index is 10.6. The molecule has 1 aliphatic carbocycles. The van der Waals surface area contributed by atoms with E-state index in [9.17, 15) is 10.4 Å². The van der Waals surface area contributed by atoms with Crippen LogP contribution in [0.2, 0.25) is 5.02 Å². The third-order valence-electron chi connectivity index (χ3n) is 4.03. The van der Waals surface area contributed by atoms with Crippen molar-refractivity contribution in [3.8, 4) is 6.07 Å². The van der Waals surface area contributed by atoms with E-state index in [-0.39, 0.29) is 0 Å². The zero-order chi connectivity index (χ0) is 13.5. The highest BCUT2D eigenvalue weighted by Gasteiger charge is 2.45. The van der Waals surface area contributed by atoms with Gasteiger partial charge in [0.25, 0.3) is 0 Å². The molecule has 96 valence electrons. The van der Waals surface area contributed by atoms with Gasteiger partial charge in [0.05, 0.1) is 23.1 Å². The lowest BCUT2D eigenvalue weighted by atomic mass is 9.64. The van der Waals surface area contributed by atoms with E-state index in [2.05, 4.69) is 11.1 Å². The zero-order valence-electron chi connectivity index (χ0n) is 10.3. The molecule has 19 heavy (non-hydrogen) atoms. The molecule has 3 rings (SSSR count). The molecule has 1 aromatic carbocycles. The second-order valence-electron chi connectivity index (χ2n) is 5.06. The Hall–Kier alpha value is -1.63. The van der Waals surface area contributed by atoms with Crippen LogP contribution in [0.4, 0.5) is 0 Å². The summed E-state index contributed by atoms with van der Waals surface area (Å²) in [7, 11) is 0. The lowest BCUT2D eigenvalue weighted by Gasteiger charge is -2.39. The summed E-state index contributed by atoms with van der Waals surface area (Å²) >= 11 is 6.14. The molecule has 2 aromatic rings. The molecule has 0 amide bonds. The SMILES string of the molecule is N#CC1(C(O)c2ccc(Cl)c3cccnc23)CCC1. The van der Waals surface area contributed by atoms with Crippen LogP contribution in [0.3, 0.4) is 0 Å². The number of fused-ring (bicyclic) bond motifs is 1. The maximum Gasteiger partial charge on any atom is 0.0997 e. The van der Waals surface area contributed by atoms with Crippen LogP contribution in [0.15, 0.2) is 30.5 Å². The number of aliphatic hydroxyl groups is 1. The van der Waals surface area contributed by atoms with Crippen LogP contribution in [0.1, 0.15) is 30.9 Å². The summed E-state index contributed by atoms with van der Waals surface area (Å²) in [6.07, 6.45) is 3.34. The van der Waals surface area contributed by atoms with Crippen molar-refractivity contribution >= 4 is 22.5 Å². The monoisotopic (exact) mass is 272 g/mol. The largest absolute Gasteiger partial charge is 0.387 e. The fourth-order valence-corrected chi connectivity index (χ4v) is 2.90. The molecule has 1 saturated carbocycles. The van der Waals surface area contributed by atoms with E-state index in [1.54, 1.807) is 18.3 Å². The van der Waals surface area contributed by atoms with Gasteiger partial charge in [-0.25, -0.2) is 0 Å². The summed E-state index contributed by atoms with van der Waals surface area (Å²) in [5.41, 5.74) is 0.725. The number of nitrogens with zero attached hydrogens (tertiary/aromatic N) is 2. The lowest BCUT2D eigenvalue weighted by molar-refractivity contribution is 0.00883. The van der Waals surface area contributed by atoms with Crippen molar-refractivity contribution < 1.29 is 5.11 Å². The van der Waals surface area contributed by atoms with Crippen LogP contribution < -0.4 is 0 Å². The number of aliphatic hydroxyl groups excluding tert-OH is 1. The van der Waals surface area contributed by atoms with Gasteiger partial charge in [-0.2, -0.15) is 5.26 Å². The molecule has 1 aromatic heterocycles. The van der Waals surface area contributed by atoms with Gasteiger partial charge in [0.1, 0.15) is 0 Å². The number of hydrogen-bond acceptors (Lipinski definition) is 3. The first kappa shape index (κ1) is 12.4. The van der Waals surface area contributed by atoms with Crippen molar-refractivity contribution in [1.29, 1.82) is 5.26 Å². The molecule has 1 atom stereocenters. The van der Waals surface area contributed by atoms with Gasteiger partial charge in [-0.05, 0) is 31.0 Å². The summed E-state index contributed by atoms with van der Waals surface area (Å²) in [6.45, 7) is 0. The Bertz CT molecular complexity index is 673. The summed E-state index contributed by atoms with van der Waals surface area (Å²) in [5, 5.41) is 21.3. The highest BCUT2D eigenvalue weighted by atomic mass is 35.5. The predicted octanol–water partition coefficient (Wildman–Crippen LogP) is 3.62. The molecule has 0 bridgehead atoms. The average molecular weight is 273 g/mol. The van der Waals surface area contributed by atoms with Crippen LogP contribution in [0.25, 0.3) is 10.9 Å². The van der Waals surface area contributed by atoms with Crippen molar-refractivity contribution in [2.75, 3.05) is 0 Å². The summed E-state index contributed by atoms with van der Waals surface area (Å²) in [5.74, 6) is 0. The number of aromatic nitrogens is 1. The number of benzene rings is 1. The van der Waals surface area contributed by atoms with Crippen LogP contribution in [-0.2, 0) is 0 Å². The van der Waals surface area contributed by atoms with Crippen LogP contribution >= 0.6 is 11.6 Å². The second kappa shape index (κ2) is 4.48. The van der Waals surface area contributed by atoms with Crippen LogP contribution in [0.5, 0.6) is 0 Å². The minimum absolute atomic E-state index is 0.610. The first-order chi connectivity index (χ1) is 9.18. The third kappa shape index (κ3) is 1.80. The van der Waals surface area contributed by atoms with Gasteiger partial charge >= 0.3 is 0 Å². The van der Waals surface area contributed by atoms with Crippen molar-refractivity contribution in [2.45, 2.75) is 25.4 Å². The van der Waals surface area contributed by atoms with Gasteiger partial charge < -0.3 is 5.11 Å². The Kier molecular flexibility index (Phi) is 2.93. The minimum Gasteiger partial charge on any atom is -0.387 e. The average Bonchev–Trinajstić information content (AvgIpc) is 2.39. The molecule has 3 nitrogen and oxygen atoms in total. The molecule has 0 radical (unpaired) electrons. The van der Waals surface area contributed by atoms with Crippen molar-refractivity contribution in [2.24, 2.45) is 5.41 Å². The molecule has 1 heterocycles. The number of pyridine rings is 1. The van der Waals surface area contributed by atoms with Gasteiger partial charge in [-0.1, -0.05) is 24.1 Å². The van der Waals surface area contributed by atoms with Crippen molar-refractivity contribution in [3.05, 3.63) is 41.0 Å². The molecular weight excluding hydrogens is 260 g/mol. The van der Waals surface area contributed by atoms with Gasteiger partial charge in [0.2, 0.25) is 0 Å². The van der Waals surface area contributed by atoms with Gasteiger partial charge in [-0.3, -0.25) is 4.98 Å². The Labute approximate surface area is 116 Å². The molecule has 0 aliphatic heterocycles. The van der Waals surface area contributed by atoms with Crippen LogP contribution in [0, 0.1) is 16.7 Å². The number of nitriles is 1. The van der Waals surface area contributed by atoms with E-state index >= 15 is 0 Å². The second-order valence-corrected chi connectivity index (χ2v) is 5.47. The molecule has 1 N–H and O–H groups in total. The maximum atomic E-state index is 10.6. The molecule has 1 aliphatic rings. The molecule has 4 heteroatoms. The van der Waals surface area contributed by atoms with E-state index in [1.165, 1.54) is 0 Å². The van der Waals surface area contributed by atoms with Gasteiger partial charge in [0.15, 0.2) is 0 Å². The summed E-state index contributed by atoms with van der Waals surface area (Å²) in [6, 6.07) is 9.51. The van der Waals surface area contributed by atoms with Crippen molar-refractivity contribution in [3.63, 3.8) is 0 Å². The lowest BCUT2D eigenvalue weighted by Crippen LogP contribution is -2.34. The Morgan fingerprint density at radius 2 is 2.16 bits per heavy atom.